The number of aryl methyl sites for hydroxylation is 1. The molecule has 148 valence electrons. The molecule has 7 nitrogen and oxygen atoms in total. The van der Waals surface area contributed by atoms with E-state index in [4.69, 9.17) is 23.7 Å². The van der Waals surface area contributed by atoms with Crippen molar-refractivity contribution in [1.29, 1.82) is 0 Å². The van der Waals surface area contributed by atoms with Crippen LogP contribution in [0, 0.1) is 6.92 Å². The molecular weight excluding hydrogens is 362 g/mol. The first-order valence-corrected chi connectivity index (χ1v) is 9.30. The van der Waals surface area contributed by atoms with Crippen molar-refractivity contribution in [2.45, 2.75) is 19.9 Å². The van der Waals surface area contributed by atoms with Crippen molar-refractivity contribution in [3.63, 3.8) is 0 Å². The Hall–Kier alpha value is -3.09. The predicted octanol–water partition coefficient (Wildman–Crippen LogP) is 2.87. The van der Waals surface area contributed by atoms with Crippen LogP contribution in [0.15, 0.2) is 24.3 Å². The molecule has 2 aliphatic heterocycles. The van der Waals surface area contributed by atoms with Gasteiger partial charge in [-0.2, -0.15) is 0 Å². The van der Waals surface area contributed by atoms with Gasteiger partial charge in [0.2, 0.25) is 0 Å². The largest absolute Gasteiger partial charge is 0.496 e. The van der Waals surface area contributed by atoms with Gasteiger partial charge in [-0.25, -0.2) is 0 Å². The van der Waals surface area contributed by atoms with Gasteiger partial charge in [0.05, 0.1) is 25.9 Å². The fraction of sp³-hybridized carbons (Fsp3) is 0.381. The zero-order valence-electron chi connectivity index (χ0n) is 16.0. The highest BCUT2D eigenvalue weighted by atomic mass is 16.6. The van der Waals surface area contributed by atoms with Gasteiger partial charge in [-0.15, -0.1) is 0 Å². The van der Waals surface area contributed by atoms with Crippen LogP contribution in [0.2, 0.25) is 0 Å². The second-order valence-corrected chi connectivity index (χ2v) is 6.65. The molecule has 2 heterocycles. The van der Waals surface area contributed by atoms with Gasteiger partial charge in [-0.1, -0.05) is 0 Å². The van der Waals surface area contributed by atoms with Crippen molar-refractivity contribution in [3.8, 4) is 28.7 Å². The summed E-state index contributed by atoms with van der Waals surface area (Å²) in [4.78, 5) is 12.8. The summed E-state index contributed by atoms with van der Waals surface area (Å²) in [6.45, 7) is 4.54. The van der Waals surface area contributed by atoms with Crippen molar-refractivity contribution in [1.82, 2.24) is 5.32 Å². The SMILES string of the molecule is COc1cc2c(cc1C(=O)NCc1cc3c(cc1C)OCCO3)OCCCO2. The second kappa shape index (κ2) is 7.88. The van der Waals surface area contributed by atoms with E-state index in [0.29, 0.717) is 61.5 Å². The van der Waals surface area contributed by atoms with Crippen LogP contribution >= 0.6 is 0 Å². The van der Waals surface area contributed by atoms with Crippen LogP contribution in [0.3, 0.4) is 0 Å². The Morgan fingerprint density at radius 2 is 1.54 bits per heavy atom. The van der Waals surface area contributed by atoms with Gasteiger partial charge < -0.3 is 29.0 Å². The van der Waals surface area contributed by atoms with E-state index in [0.717, 1.165) is 23.3 Å². The van der Waals surface area contributed by atoms with Gasteiger partial charge in [0.25, 0.3) is 5.91 Å². The summed E-state index contributed by atoms with van der Waals surface area (Å²) >= 11 is 0. The van der Waals surface area contributed by atoms with E-state index < -0.39 is 0 Å². The first-order valence-electron chi connectivity index (χ1n) is 9.30. The molecule has 28 heavy (non-hydrogen) atoms. The molecule has 0 aromatic heterocycles. The van der Waals surface area contributed by atoms with Gasteiger partial charge in [-0.05, 0) is 30.2 Å². The summed E-state index contributed by atoms with van der Waals surface area (Å²) in [7, 11) is 1.53. The third-order valence-corrected chi connectivity index (χ3v) is 4.75. The van der Waals surface area contributed by atoms with Gasteiger partial charge in [0, 0.05) is 25.1 Å². The van der Waals surface area contributed by atoms with Crippen LogP contribution in [0.5, 0.6) is 28.7 Å². The Morgan fingerprint density at radius 1 is 0.929 bits per heavy atom. The Bertz CT molecular complexity index is 895. The van der Waals surface area contributed by atoms with Gasteiger partial charge in [0.15, 0.2) is 23.0 Å². The molecule has 0 atom stereocenters. The first kappa shape index (κ1) is 18.3. The molecular formula is C21H23NO6. The standard InChI is InChI=1S/C21H23NO6/c1-13-8-17-18(28-7-6-27-17)9-14(13)12-22-21(23)15-10-19-20(11-16(15)24-2)26-5-3-4-25-19/h8-11H,3-7,12H2,1-2H3,(H,22,23). The number of fused-ring (bicyclic) bond motifs is 2. The number of ether oxygens (including phenoxy) is 5. The van der Waals surface area contributed by atoms with Crippen molar-refractivity contribution >= 4 is 5.91 Å². The van der Waals surface area contributed by atoms with Crippen LogP contribution in [0.25, 0.3) is 0 Å². The number of amides is 1. The Balaban J connectivity index is 1.53. The van der Waals surface area contributed by atoms with E-state index in [9.17, 15) is 4.79 Å². The number of hydrogen-bond donors (Lipinski definition) is 1. The fourth-order valence-electron chi connectivity index (χ4n) is 3.23. The lowest BCUT2D eigenvalue weighted by Gasteiger charge is -2.20. The third kappa shape index (κ3) is 3.65. The number of nitrogens with one attached hydrogen (secondary N) is 1. The Morgan fingerprint density at radius 3 is 2.25 bits per heavy atom. The number of carbonyl (C=O) groups is 1. The van der Waals surface area contributed by atoms with Crippen LogP contribution in [0.4, 0.5) is 0 Å². The molecule has 2 aromatic rings. The molecule has 2 aromatic carbocycles. The number of carbonyl (C=O) groups excluding carboxylic acids is 1. The van der Waals surface area contributed by atoms with E-state index >= 15 is 0 Å². The zero-order chi connectivity index (χ0) is 19.5. The van der Waals surface area contributed by atoms with E-state index in [1.807, 2.05) is 19.1 Å². The smallest absolute Gasteiger partial charge is 0.255 e. The Labute approximate surface area is 163 Å². The minimum absolute atomic E-state index is 0.248. The summed E-state index contributed by atoms with van der Waals surface area (Å²) in [6.07, 6.45) is 0.794. The number of methoxy groups -OCH3 is 1. The van der Waals surface area contributed by atoms with Crippen LogP contribution < -0.4 is 29.0 Å². The lowest BCUT2D eigenvalue weighted by molar-refractivity contribution is 0.0947. The van der Waals surface area contributed by atoms with E-state index in [-0.39, 0.29) is 5.91 Å². The van der Waals surface area contributed by atoms with Crippen LogP contribution in [0.1, 0.15) is 27.9 Å². The molecule has 0 spiro atoms. The molecule has 0 fully saturated rings. The predicted molar refractivity (Wildman–Crippen MR) is 102 cm³/mol. The van der Waals surface area contributed by atoms with Gasteiger partial charge in [-0.3, -0.25) is 4.79 Å². The summed E-state index contributed by atoms with van der Waals surface area (Å²) in [5.41, 5.74) is 2.39. The van der Waals surface area contributed by atoms with Crippen molar-refractivity contribution in [3.05, 3.63) is 41.0 Å². The molecule has 0 unspecified atom stereocenters. The summed E-state index contributed by atoms with van der Waals surface area (Å²) in [5, 5.41) is 2.95. The normalized spacial score (nSPS) is 14.8. The van der Waals surface area contributed by atoms with Crippen LogP contribution in [-0.2, 0) is 6.54 Å². The third-order valence-electron chi connectivity index (χ3n) is 4.75. The van der Waals surface area contributed by atoms with Gasteiger partial charge in [0.1, 0.15) is 19.0 Å². The number of hydrogen-bond acceptors (Lipinski definition) is 6. The van der Waals surface area contributed by atoms with E-state index in [1.54, 1.807) is 12.1 Å². The maximum absolute atomic E-state index is 12.8. The molecule has 0 saturated carbocycles. The average Bonchev–Trinajstić information content (AvgIpc) is 2.95. The summed E-state index contributed by atoms with van der Waals surface area (Å²) in [6, 6.07) is 7.22. The molecule has 0 aliphatic carbocycles. The minimum Gasteiger partial charge on any atom is -0.496 e. The number of rotatable bonds is 4. The van der Waals surface area contributed by atoms with Crippen molar-refractivity contribution in [2.75, 3.05) is 33.5 Å². The quantitative estimate of drug-likeness (QED) is 0.872. The monoisotopic (exact) mass is 385 g/mol. The fourth-order valence-corrected chi connectivity index (χ4v) is 3.23. The van der Waals surface area contributed by atoms with Crippen molar-refractivity contribution in [2.24, 2.45) is 0 Å². The maximum Gasteiger partial charge on any atom is 0.255 e. The molecule has 0 saturated heterocycles. The molecule has 1 N–H and O–H groups in total. The lowest BCUT2D eigenvalue weighted by atomic mass is 10.1. The van der Waals surface area contributed by atoms with Gasteiger partial charge >= 0.3 is 0 Å². The molecule has 0 bridgehead atoms. The summed E-state index contributed by atoms with van der Waals surface area (Å²) < 4.78 is 28.0. The molecule has 7 heteroatoms. The first-order chi connectivity index (χ1) is 13.7. The van der Waals surface area contributed by atoms with E-state index in [1.165, 1.54) is 7.11 Å². The highest BCUT2D eigenvalue weighted by Gasteiger charge is 2.20. The summed E-state index contributed by atoms with van der Waals surface area (Å²) in [5.74, 6) is 2.78. The highest BCUT2D eigenvalue weighted by Crippen LogP contribution is 2.37. The lowest BCUT2D eigenvalue weighted by Crippen LogP contribution is -2.24. The molecule has 4 rings (SSSR count). The minimum atomic E-state index is -0.248. The molecule has 0 radical (unpaired) electrons. The second-order valence-electron chi connectivity index (χ2n) is 6.65. The van der Waals surface area contributed by atoms with Crippen molar-refractivity contribution < 1.29 is 28.5 Å². The zero-order valence-corrected chi connectivity index (χ0v) is 16.0. The Kier molecular flexibility index (Phi) is 5.14. The molecule has 1 amide bonds. The average molecular weight is 385 g/mol. The highest BCUT2D eigenvalue weighted by molar-refractivity contribution is 5.97. The maximum atomic E-state index is 12.8. The molecule has 2 aliphatic rings. The topological polar surface area (TPSA) is 75.3 Å². The number of benzene rings is 2. The van der Waals surface area contributed by atoms with Crippen LogP contribution in [-0.4, -0.2) is 39.4 Å². The van der Waals surface area contributed by atoms with E-state index in [2.05, 4.69) is 5.32 Å².